The van der Waals surface area contributed by atoms with Crippen LogP contribution in [0.15, 0.2) is 42.7 Å². The molecule has 0 unspecified atom stereocenters. The molecule has 0 bridgehead atoms. The standard InChI is InChI=1S/C21H23N5O5/c1-2-24(13-8-15-6-10-22-11-7-15)21(29)23-9-3-12-25-19(27)17-5-4-16(26(30)31)14-18(17)20(25)28/h4-7,10-11,14H,2-3,8-9,12-13H2,1H3,(H,23,29). The summed E-state index contributed by atoms with van der Waals surface area (Å²) in [5.41, 5.74) is 1.05. The first-order valence-electron chi connectivity index (χ1n) is 9.98. The Morgan fingerprint density at radius 1 is 1.16 bits per heavy atom. The highest BCUT2D eigenvalue weighted by Gasteiger charge is 2.36. The third kappa shape index (κ3) is 5.03. The molecule has 0 fully saturated rings. The van der Waals surface area contributed by atoms with E-state index in [1.165, 1.54) is 12.1 Å². The van der Waals surface area contributed by atoms with Gasteiger partial charge >= 0.3 is 6.03 Å². The van der Waals surface area contributed by atoms with Crippen molar-refractivity contribution in [2.75, 3.05) is 26.2 Å². The fourth-order valence-electron chi connectivity index (χ4n) is 3.36. The number of aromatic nitrogens is 1. The summed E-state index contributed by atoms with van der Waals surface area (Å²) >= 11 is 0. The number of hydrogen-bond acceptors (Lipinski definition) is 6. The van der Waals surface area contributed by atoms with Crippen molar-refractivity contribution in [3.05, 3.63) is 69.5 Å². The van der Waals surface area contributed by atoms with Gasteiger partial charge in [0.25, 0.3) is 17.5 Å². The second kappa shape index (κ2) is 9.79. The molecule has 0 saturated heterocycles. The van der Waals surface area contributed by atoms with Crippen LogP contribution in [-0.4, -0.2) is 63.7 Å². The van der Waals surface area contributed by atoms with Crippen molar-refractivity contribution in [3.63, 3.8) is 0 Å². The van der Waals surface area contributed by atoms with Crippen LogP contribution < -0.4 is 5.32 Å². The molecular weight excluding hydrogens is 402 g/mol. The fourth-order valence-corrected chi connectivity index (χ4v) is 3.36. The van der Waals surface area contributed by atoms with E-state index in [-0.39, 0.29) is 35.9 Å². The number of nitrogens with zero attached hydrogens (tertiary/aromatic N) is 4. The number of hydrogen-bond donors (Lipinski definition) is 1. The lowest BCUT2D eigenvalue weighted by Crippen LogP contribution is -2.42. The molecule has 162 valence electrons. The molecule has 0 saturated carbocycles. The van der Waals surface area contributed by atoms with Crippen molar-refractivity contribution in [1.29, 1.82) is 0 Å². The van der Waals surface area contributed by atoms with Crippen LogP contribution in [0.1, 0.15) is 39.6 Å². The highest BCUT2D eigenvalue weighted by atomic mass is 16.6. The number of fused-ring (bicyclic) bond motifs is 1. The SMILES string of the molecule is CCN(CCc1ccncc1)C(=O)NCCCN1C(=O)c2ccc([N+](=O)[O-])cc2C1=O. The summed E-state index contributed by atoms with van der Waals surface area (Å²) in [4.78, 5) is 54.3. The highest BCUT2D eigenvalue weighted by Crippen LogP contribution is 2.26. The maximum atomic E-state index is 12.5. The molecule has 10 heteroatoms. The average molecular weight is 425 g/mol. The van der Waals surface area contributed by atoms with Gasteiger partial charge in [-0.2, -0.15) is 0 Å². The molecule has 0 radical (unpaired) electrons. The van der Waals surface area contributed by atoms with Gasteiger partial charge in [0, 0.05) is 50.7 Å². The second-order valence-corrected chi connectivity index (χ2v) is 7.02. The zero-order valence-corrected chi connectivity index (χ0v) is 17.1. The quantitative estimate of drug-likeness (QED) is 0.284. The van der Waals surface area contributed by atoms with Crippen LogP contribution in [0.5, 0.6) is 0 Å². The largest absolute Gasteiger partial charge is 0.338 e. The summed E-state index contributed by atoms with van der Waals surface area (Å²) < 4.78 is 0. The lowest BCUT2D eigenvalue weighted by Gasteiger charge is -2.22. The molecule has 2 aromatic rings. The van der Waals surface area contributed by atoms with E-state index in [9.17, 15) is 24.5 Å². The van der Waals surface area contributed by atoms with Crippen LogP contribution in [0.4, 0.5) is 10.5 Å². The first kappa shape index (κ1) is 21.9. The molecule has 1 aliphatic heterocycles. The minimum absolute atomic E-state index is 0.0384. The number of nitro groups is 1. The van der Waals surface area contributed by atoms with Gasteiger partial charge in [0.2, 0.25) is 0 Å². The molecule has 4 amide bonds. The maximum Gasteiger partial charge on any atom is 0.317 e. The van der Waals surface area contributed by atoms with Crippen LogP contribution >= 0.6 is 0 Å². The number of non-ortho nitro benzene ring substituents is 1. The van der Waals surface area contributed by atoms with Crippen LogP contribution in [0.2, 0.25) is 0 Å². The number of carbonyl (C=O) groups is 3. The van der Waals surface area contributed by atoms with Gasteiger partial charge in [-0.15, -0.1) is 0 Å². The van der Waals surface area contributed by atoms with E-state index in [0.717, 1.165) is 16.5 Å². The molecule has 10 nitrogen and oxygen atoms in total. The van der Waals surface area contributed by atoms with Crippen molar-refractivity contribution < 1.29 is 19.3 Å². The maximum absolute atomic E-state index is 12.5. The summed E-state index contributed by atoms with van der Waals surface area (Å²) in [7, 11) is 0. The number of carbonyl (C=O) groups excluding carboxylic acids is 3. The number of rotatable bonds is 9. The Hall–Kier alpha value is -3.82. The third-order valence-corrected chi connectivity index (χ3v) is 5.09. The van der Waals surface area contributed by atoms with Crippen LogP contribution in [-0.2, 0) is 6.42 Å². The number of amides is 4. The Balaban J connectivity index is 1.47. The Morgan fingerprint density at radius 3 is 2.55 bits per heavy atom. The first-order valence-corrected chi connectivity index (χ1v) is 9.98. The van der Waals surface area contributed by atoms with Crippen LogP contribution in [0, 0.1) is 10.1 Å². The van der Waals surface area contributed by atoms with Crippen molar-refractivity contribution in [3.8, 4) is 0 Å². The molecule has 0 aliphatic carbocycles. The van der Waals surface area contributed by atoms with Gasteiger partial charge < -0.3 is 10.2 Å². The van der Waals surface area contributed by atoms with Crippen molar-refractivity contribution in [1.82, 2.24) is 20.1 Å². The van der Waals surface area contributed by atoms with Gasteiger partial charge in [-0.1, -0.05) is 0 Å². The number of urea groups is 1. The van der Waals surface area contributed by atoms with Gasteiger partial charge in [0.05, 0.1) is 16.1 Å². The monoisotopic (exact) mass is 425 g/mol. The number of likely N-dealkylation sites (N-methyl/N-ethyl adjacent to an activating group) is 1. The third-order valence-electron chi connectivity index (χ3n) is 5.09. The molecule has 1 aromatic carbocycles. The molecule has 3 rings (SSSR count). The molecule has 0 spiro atoms. The summed E-state index contributed by atoms with van der Waals surface area (Å²) in [5, 5.41) is 13.7. The smallest absolute Gasteiger partial charge is 0.317 e. The highest BCUT2D eigenvalue weighted by molar-refractivity contribution is 6.21. The van der Waals surface area contributed by atoms with Gasteiger partial charge in [0.15, 0.2) is 0 Å². The van der Waals surface area contributed by atoms with E-state index >= 15 is 0 Å². The molecular formula is C21H23N5O5. The normalized spacial score (nSPS) is 12.6. The molecule has 31 heavy (non-hydrogen) atoms. The molecule has 0 atom stereocenters. The predicted octanol–water partition coefficient (Wildman–Crippen LogP) is 2.25. The first-order chi connectivity index (χ1) is 14.9. The lowest BCUT2D eigenvalue weighted by molar-refractivity contribution is -0.384. The van der Waals surface area contributed by atoms with Crippen LogP contribution in [0.3, 0.4) is 0 Å². The summed E-state index contributed by atoms with van der Waals surface area (Å²) in [6, 6.07) is 7.23. The number of pyridine rings is 1. The fraction of sp³-hybridized carbons (Fsp3) is 0.333. The number of nitro benzene ring substituents is 1. The van der Waals surface area contributed by atoms with E-state index in [2.05, 4.69) is 10.3 Å². The van der Waals surface area contributed by atoms with E-state index in [1.807, 2.05) is 19.1 Å². The second-order valence-electron chi connectivity index (χ2n) is 7.02. The minimum atomic E-state index is -0.607. The van der Waals surface area contributed by atoms with E-state index in [1.54, 1.807) is 17.3 Å². The minimum Gasteiger partial charge on any atom is -0.338 e. The molecule has 2 heterocycles. The number of nitrogens with one attached hydrogen (secondary N) is 1. The number of benzene rings is 1. The van der Waals surface area contributed by atoms with Gasteiger partial charge in [-0.05, 0) is 43.5 Å². The Labute approximate surface area is 179 Å². The lowest BCUT2D eigenvalue weighted by atomic mass is 10.1. The molecule has 1 N–H and O–H groups in total. The zero-order valence-electron chi connectivity index (χ0n) is 17.1. The van der Waals surface area contributed by atoms with E-state index in [4.69, 9.17) is 0 Å². The summed E-state index contributed by atoms with van der Waals surface area (Å²) in [6.45, 7) is 3.41. The summed E-state index contributed by atoms with van der Waals surface area (Å²) in [5.74, 6) is -1.03. The van der Waals surface area contributed by atoms with Crippen molar-refractivity contribution >= 4 is 23.5 Å². The average Bonchev–Trinajstić information content (AvgIpc) is 3.01. The zero-order chi connectivity index (χ0) is 22.4. The van der Waals surface area contributed by atoms with Crippen molar-refractivity contribution in [2.24, 2.45) is 0 Å². The van der Waals surface area contributed by atoms with Crippen molar-refractivity contribution in [2.45, 2.75) is 19.8 Å². The van der Waals surface area contributed by atoms with E-state index < -0.39 is 16.7 Å². The topological polar surface area (TPSA) is 126 Å². The van der Waals surface area contributed by atoms with Crippen LogP contribution in [0.25, 0.3) is 0 Å². The molecule has 1 aliphatic rings. The van der Waals surface area contributed by atoms with Gasteiger partial charge in [-0.3, -0.25) is 29.6 Å². The predicted molar refractivity (Wildman–Crippen MR) is 112 cm³/mol. The Kier molecular flexibility index (Phi) is 6.91. The Morgan fingerprint density at radius 2 is 1.87 bits per heavy atom. The van der Waals surface area contributed by atoms with Gasteiger partial charge in [-0.25, -0.2) is 4.79 Å². The Bertz CT molecular complexity index is 995. The molecule has 1 aromatic heterocycles. The van der Waals surface area contributed by atoms with Gasteiger partial charge in [0.1, 0.15) is 0 Å². The number of imide groups is 1. The van der Waals surface area contributed by atoms with E-state index in [0.29, 0.717) is 25.9 Å². The summed E-state index contributed by atoms with van der Waals surface area (Å²) in [6.07, 6.45) is 4.51.